The number of aliphatic carboxylic acids is 1. The van der Waals surface area contributed by atoms with Crippen LogP contribution in [0, 0.1) is 0 Å². The van der Waals surface area contributed by atoms with E-state index < -0.39 is 11.9 Å². The van der Waals surface area contributed by atoms with Crippen LogP contribution in [-0.2, 0) is 9.59 Å². The van der Waals surface area contributed by atoms with Crippen LogP contribution in [0.15, 0.2) is 24.3 Å². The van der Waals surface area contributed by atoms with Crippen LogP contribution in [0.3, 0.4) is 0 Å². The van der Waals surface area contributed by atoms with Gasteiger partial charge in [-0.3, -0.25) is 14.5 Å². The Kier molecular flexibility index (Phi) is 7.25. The maximum atomic E-state index is 11.8. The van der Waals surface area contributed by atoms with Gasteiger partial charge in [-0.1, -0.05) is 6.92 Å². The van der Waals surface area contributed by atoms with E-state index >= 15 is 0 Å². The van der Waals surface area contributed by atoms with Crippen molar-refractivity contribution in [2.45, 2.75) is 20.3 Å². The molecular formula is C15H21NO5. The molecule has 1 aromatic carbocycles. The van der Waals surface area contributed by atoms with Crippen molar-refractivity contribution in [1.29, 1.82) is 0 Å². The van der Waals surface area contributed by atoms with E-state index in [4.69, 9.17) is 14.6 Å². The van der Waals surface area contributed by atoms with Crippen LogP contribution in [0.5, 0.6) is 11.5 Å². The fourth-order valence-corrected chi connectivity index (χ4v) is 1.72. The van der Waals surface area contributed by atoms with Gasteiger partial charge >= 0.3 is 11.9 Å². The summed E-state index contributed by atoms with van der Waals surface area (Å²) in [5.41, 5.74) is 0. The molecule has 1 rings (SSSR count). The average Bonchev–Trinajstić information content (AvgIpc) is 2.45. The van der Waals surface area contributed by atoms with Gasteiger partial charge in [0, 0.05) is 6.54 Å². The molecule has 0 bridgehead atoms. The molecule has 1 N–H and O–H groups in total. The second kappa shape index (κ2) is 8.97. The zero-order chi connectivity index (χ0) is 15.7. The van der Waals surface area contributed by atoms with Crippen LogP contribution in [0.2, 0.25) is 0 Å². The number of benzene rings is 1. The van der Waals surface area contributed by atoms with Crippen molar-refractivity contribution < 1.29 is 24.2 Å². The number of hydrogen-bond acceptors (Lipinski definition) is 5. The number of carboxylic acid groups (broad SMARTS) is 1. The Labute approximate surface area is 124 Å². The number of ether oxygens (including phenoxy) is 2. The molecule has 0 aliphatic rings. The zero-order valence-corrected chi connectivity index (χ0v) is 12.4. The summed E-state index contributed by atoms with van der Waals surface area (Å²) in [5.74, 6) is -0.133. The predicted molar refractivity (Wildman–Crippen MR) is 77.6 cm³/mol. The van der Waals surface area contributed by atoms with Gasteiger partial charge < -0.3 is 14.6 Å². The topological polar surface area (TPSA) is 76.1 Å². The maximum absolute atomic E-state index is 11.8. The van der Waals surface area contributed by atoms with Crippen molar-refractivity contribution in [3.05, 3.63) is 24.3 Å². The minimum atomic E-state index is -0.881. The predicted octanol–water partition coefficient (Wildman–Crippen LogP) is 1.79. The van der Waals surface area contributed by atoms with Gasteiger partial charge in [-0.05, 0) is 37.7 Å². The molecule has 0 radical (unpaired) electrons. The molecule has 6 heteroatoms. The summed E-state index contributed by atoms with van der Waals surface area (Å²) in [6.45, 7) is 5.32. The third-order valence-electron chi connectivity index (χ3n) is 2.81. The summed E-state index contributed by atoms with van der Waals surface area (Å²) >= 11 is 0. The van der Waals surface area contributed by atoms with Crippen LogP contribution >= 0.6 is 0 Å². The fourth-order valence-electron chi connectivity index (χ4n) is 1.72. The highest BCUT2D eigenvalue weighted by molar-refractivity contribution is 5.74. The van der Waals surface area contributed by atoms with E-state index in [0.717, 1.165) is 0 Å². The molecule has 21 heavy (non-hydrogen) atoms. The highest BCUT2D eigenvalue weighted by Gasteiger charge is 2.12. The molecule has 0 aromatic heterocycles. The molecule has 0 aliphatic heterocycles. The molecule has 0 fully saturated rings. The molecule has 1 aromatic rings. The van der Waals surface area contributed by atoms with Crippen LogP contribution in [0.4, 0.5) is 0 Å². The monoisotopic (exact) mass is 295 g/mol. The Bertz CT molecular complexity index is 458. The van der Waals surface area contributed by atoms with Gasteiger partial charge in [-0.2, -0.15) is 0 Å². The highest BCUT2D eigenvalue weighted by atomic mass is 16.5. The lowest BCUT2D eigenvalue weighted by atomic mass is 10.3. The summed E-state index contributed by atoms with van der Waals surface area (Å²) in [6.07, 6.45) is 0.00414. The van der Waals surface area contributed by atoms with E-state index in [1.807, 2.05) is 13.8 Å². The number of esters is 1. The van der Waals surface area contributed by atoms with E-state index in [1.54, 1.807) is 29.2 Å². The Hall–Kier alpha value is -2.08. The quantitative estimate of drug-likeness (QED) is 0.553. The van der Waals surface area contributed by atoms with Gasteiger partial charge in [-0.15, -0.1) is 0 Å². The van der Waals surface area contributed by atoms with Gasteiger partial charge in [0.1, 0.15) is 11.5 Å². The number of rotatable bonds is 9. The zero-order valence-electron chi connectivity index (χ0n) is 12.4. The van der Waals surface area contributed by atoms with Crippen LogP contribution in [-0.4, -0.2) is 48.2 Å². The van der Waals surface area contributed by atoms with Crippen molar-refractivity contribution in [3.8, 4) is 11.5 Å². The summed E-state index contributed by atoms with van der Waals surface area (Å²) in [5, 5.41) is 8.64. The molecule has 0 spiro atoms. The molecule has 0 saturated heterocycles. The number of carboxylic acids is 1. The average molecular weight is 295 g/mol. The Morgan fingerprint density at radius 2 is 1.76 bits per heavy atom. The lowest BCUT2D eigenvalue weighted by molar-refractivity contribution is -0.139. The van der Waals surface area contributed by atoms with Gasteiger partial charge in [0.2, 0.25) is 0 Å². The highest BCUT2D eigenvalue weighted by Crippen LogP contribution is 2.17. The summed E-state index contributed by atoms with van der Waals surface area (Å²) in [7, 11) is 0. The van der Waals surface area contributed by atoms with Gasteiger partial charge in [-0.25, -0.2) is 0 Å². The molecule has 0 saturated carbocycles. The van der Waals surface area contributed by atoms with Crippen molar-refractivity contribution in [3.63, 3.8) is 0 Å². The standard InChI is InChI=1S/C15H21NO5/c1-3-16(10-9-14(17)18)11-15(19)21-13-7-5-12(6-8-13)20-4-2/h5-8H,3-4,9-11H2,1-2H3,(H,17,18). The first-order chi connectivity index (χ1) is 10.0. The maximum Gasteiger partial charge on any atom is 0.325 e. The lowest BCUT2D eigenvalue weighted by Crippen LogP contribution is -2.33. The number of hydrogen-bond donors (Lipinski definition) is 1. The Balaban J connectivity index is 2.45. The minimum Gasteiger partial charge on any atom is -0.494 e. The molecular weight excluding hydrogens is 274 g/mol. The summed E-state index contributed by atoms with van der Waals surface area (Å²) in [4.78, 5) is 24.0. The second-order valence-electron chi connectivity index (χ2n) is 4.39. The first-order valence-electron chi connectivity index (χ1n) is 6.92. The third-order valence-corrected chi connectivity index (χ3v) is 2.81. The normalized spacial score (nSPS) is 10.4. The number of carbonyl (C=O) groups excluding carboxylic acids is 1. The van der Waals surface area contributed by atoms with E-state index in [9.17, 15) is 9.59 Å². The van der Waals surface area contributed by atoms with Crippen molar-refractivity contribution >= 4 is 11.9 Å². The number of likely N-dealkylation sites (N-methyl/N-ethyl adjacent to an activating group) is 1. The second-order valence-corrected chi connectivity index (χ2v) is 4.39. The molecule has 0 heterocycles. The van der Waals surface area contributed by atoms with E-state index in [0.29, 0.717) is 31.2 Å². The Morgan fingerprint density at radius 1 is 1.14 bits per heavy atom. The molecule has 6 nitrogen and oxygen atoms in total. The van der Waals surface area contributed by atoms with E-state index in [2.05, 4.69) is 0 Å². The summed E-state index contributed by atoms with van der Waals surface area (Å²) in [6, 6.07) is 6.79. The van der Waals surface area contributed by atoms with Crippen LogP contribution < -0.4 is 9.47 Å². The van der Waals surface area contributed by atoms with Crippen LogP contribution in [0.25, 0.3) is 0 Å². The molecule has 0 aliphatic carbocycles. The number of carbonyl (C=O) groups is 2. The largest absolute Gasteiger partial charge is 0.494 e. The molecule has 0 unspecified atom stereocenters. The van der Waals surface area contributed by atoms with Crippen molar-refractivity contribution in [2.75, 3.05) is 26.2 Å². The molecule has 0 amide bonds. The number of nitrogens with zero attached hydrogens (tertiary/aromatic N) is 1. The Morgan fingerprint density at radius 3 is 2.29 bits per heavy atom. The first-order valence-corrected chi connectivity index (χ1v) is 6.92. The lowest BCUT2D eigenvalue weighted by Gasteiger charge is -2.18. The first kappa shape index (κ1) is 17.0. The van der Waals surface area contributed by atoms with Crippen molar-refractivity contribution in [2.24, 2.45) is 0 Å². The summed E-state index contributed by atoms with van der Waals surface area (Å²) < 4.78 is 10.5. The third kappa shape index (κ3) is 6.76. The van der Waals surface area contributed by atoms with E-state index in [-0.39, 0.29) is 13.0 Å². The SMILES string of the molecule is CCOc1ccc(OC(=O)CN(CC)CCC(=O)O)cc1. The van der Waals surface area contributed by atoms with Crippen molar-refractivity contribution in [1.82, 2.24) is 4.90 Å². The van der Waals surface area contributed by atoms with E-state index in [1.165, 1.54) is 0 Å². The molecule has 116 valence electrons. The van der Waals surface area contributed by atoms with Gasteiger partial charge in [0.05, 0.1) is 19.6 Å². The van der Waals surface area contributed by atoms with Crippen LogP contribution in [0.1, 0.15) is 20.3 Å². The fraction of sp³-hybridized carbons (Fsp3) is 0.467. The smallest absolute Gasteiger partial charge is 0.325 e. The molecule has 0 atom stereocenters. The van der Waals surface area contributed by atoms with Gasteiger partial charge in [0.15, 0.2) is 0 Å². The minimum absolute atomic E-state index is 0.00414. The van der Waals surface area contributed by atoms with Gasteiger partial charge in [0.25, 0.3) is 0 Å².